The summed E-state index contributed by atoms with van der Waals surface area (Å²) in [6.07, 6.45) is 3.69. The number of phenols is 1. The summed E-state index contributed by atoms with van der Waals surface area (Å²) in [5.41, 5.74) is 2.68. The van der Waals surface area contributed by atoms with Crippen molar-refractivity contribution in [3.05, 3.63) is 60.2 Å². The first kappa shape index (κ1) is 13.0. The van der Waals surface area contributed by atoms with Crippen LogP contribution in [0, 0.1) is 5.92 Å². The van der Waals surface area contributed by atoms with Crippen molar-refractivity contribution < 1.29 is 5.11 Å². The topological polar surface area (TPSA) is 23.5 Å². The van der Waals surface area contributed by atoms with Crippen LogP contribution in [0.25, 0.3) is 0 Å². The highest BCUT2D eigenvalue weighted by Crippen LogP contribution is 2.26. The van der Waals surface area contributed by atoms with Gasteiger partial charge in [0.25, 0.3) is 0 Å². The van der Waals surface area contributed by atoms with E-state index in [1.807, 2.05) is 12.1 Å². The Hall–Kier alpha value is -1.96. The van der Waals surface area contributed by atoms with Crippen molar-refractivity contribution in [2.45, 2.75) is 19.3 Å². The first-order chi connectivity index (χ1) is 9.81. The summed E-state index contributed by atoms with van der Waals surface area (Å²) in [4.78, 5) is 2.42. The van der Waals surface area contributed by atoms with Crippen molar-refractivity contribution in [2.75, 3.05) is 18.0 Å². The number of phenolic OH excluding ortho intramolecular Hbond substituents is 1. The van der Waals surface area contributed by atoms with E-state index in [1.165, 1.54) is 30.5 Å². The number of piperidine rings is 1. The Morgan fingerprint density at radius 1 is 0.900 bits per heavy atom. The van der Waals surface area contributed by atoms with Crippen LogP contribution in [0.2, 0.25) is 0 Å². The predicted octanol–water partition coefficient (Wildman–Crippen LogP) is 3.85. The highest BCUT2D eigenvalue weighted by Gasteiger charge is 2.19. The lowest BCUT2D eigenvalue weighted by Gasteiger charge is -2.33. The molecule has 0 aromatic heterocycles. The van der Waals surface area contributed by atoms with Crippen LogP contribution >= 0.6 is 0 Å². The summed E-state index contributed by atoms with van der Waals surface area (Å²) in [6, 6.07) is 18.3. The summed E-state index contributed by atoms with van der Waals surface area (Å²) in [5.74, 6) is 1.14. The van der Waals surface area contributed by atoms with Crippen molar-refractivity contribution in [2.24, 2.45) is 5.92 Å². The van der Waals surface area contributed by atoms with Gasteiger partial charge in [0.1, 0.15) is 5.75 Å². The highest BCUT2D eigenvalue weighted by atomic mass is 16.3. The third-order valence-corrected chi connectivity index (χ3v) is 4.20. The molecule has 0 bridgehead atoms. The number of anilines is 1. The fourth-order valence-electron chi connectivity index (χ4n) is 3.01. The molecule has 0 spiro atoms. The molecule has 1 N–H and O–H groups in total. The summed E-state index contributed by atoms with van der Waals surface area (Å²) in [7, 11) is 0. The van der Waals surface area contributed by atoms with E-state index in [4.69, 9.17) is 0 Å². The summed E-state index contributed by atoms with van der Waals surface area (Å²) in [6.45, 7) is 2.23. The van der Waals surface area contributed by atoms with E-state index in [-0.39, 0.29) is 0 Å². The number of hydrogen-bond acceptors (Lipinski definition) is 2. The van der Waals surface area contributed by atoms with Crippen molar-refractivity contribution in [3.63, 3.8) is 0 Å². The molecule has 1 aliphatic heterocycles. The van der Waals surface area contributed by atoms with Gasteiger partial charge in [-0.25, -0.2) is 0 Å². The maximum atomic E-state index is 9.34. The predicted molar refractivity (Wildman–Crippen MR) is 83.2 cm³/mol. The summed E-state index contributed by atoms with van der Waals surface area (Å²) in [5, 5.41) is 9.34. The zero-order valence-corrected chi connectivity index (χ0v) is 11.7. The molecule has 2 aromatic carbocycles. The van der Waals surface area contributed by atoms with Gasteiger partial charge in [0.05, 0.1) is 0 Å². The first-order valence-corrected chi connectivity index (χ1v) is 7.39. The molecular weight excluding hydrogens is 246 g/mol. The molecule has 20 heavy (non-hydrogen) atoms. The van der Waals surface area contributed by atoms with E-state index < -0.39 is 0 Å². The van der Waals surface area contributed by atoms with Crippen LogP contribution < -0.4 is 4.90 Å². The van der Waals surface area contributed by atoms with E-state index >= 15 is 0 Å². The molecule has 3 rings (SSSR count). The summed E-state index contributed by atoms with van der Waals surface area (Å²) < 4.78 is 0. The maximum Gasteiger partial charge on any atom is 0.115 e. The molecule has 0 unspecified atom stereocenters. The minimum absolute atomic E-state index is 0.340. The van der Waals surface area contributed by atoms with Gasteiger partial charge in [0, 0.05) is 18.8 Å². The molecule has 104 valence electrons. The molecule has 2 nitrogen and oxygen atoms in total. The van der Waals surface area contributed by atoms with Crippen molar-refractivity contribution in [3.8, 4) is 5.75 Å². The van der Waals surface area contributed by atoms with Crippen LogP contribution in [0.3, 0.4) is 0 Å². The van der Waals surface area contributed by atoms with Crippen LogP contribution in [0.1, 0.15) is 18.4 Å². The van der Waals surface area contributed by atoms with Gasteiger partial charge in [0.15, 0.2) is 0 Å². The molecule has 0 amide bonds. The van der Waals surface area contributed by atoms with Gasteiger partial charge in [0.2, 0.25) is 0 Å². The molecule has 1 fully saturated rings. The molecule has 1 aliphatic rings. The zero-order chi connectivity index (χ0) is 13.8. The Kier molecular flexibility index (Phi) is 3.91. The Balaban J connectivity index is 1.55. The van der Waals surface area contributed by atoms with Crippen molar-refractivity contribution >= 4 is 5.69 Å². The normalized spacial score (nSPS) is 16.3. The van der Waals surface area contributed by atoms with Gasteiger partial charge >= 0.3 is 0 Å². The van der Waals surface area contributed by atoms with Crippen molar-refractivity contribution in [1.82, 2.24) is 0 Å². The lowest BCUT2D eigenvalue weighted by atomic mass is 9.90. The van der Waals surface area contributed by atoms with Crippen molar-refractivity contribution in [1.29, 1.82) is 0 Å². The first-order valence-electron chi connectivity index (χ1n) is 7.39. The smallest absolute Gasteiger partial charge is 0.115 e. The maximum absolute atomic E-state index is 9.34. The van der Waals surface area contributed by atoms with E-state index in [9.17, 15) is 5.11 Å². The van der Waals surface area contributed by atoms with Crippen LogP contribution in [0.15, 0.2) is 54.6 Å². The fourth-order valence-corrected chi connectivity index (χ4v) is 3.01. The van der Waals surface area contributed by atoms with Gasteiger partial charge < -0.3 is 10.0 Å². The van der Waals surface area contributed by atoms with Crippen LogP contribution in [0.5, 0.6) is 5.75 Å². The molecule has 0 atom stereocenters. The quantitative estimate of drug-likeness (QED) is 0.913. The molecule has 0 saturated carbocycles. The van der Waals surface area contributed by atoms with Gasteiger partial charge in [-0.1, -0.05) is 30.3 Å². The standard InChI is InChI=1S/C18H21NO/c20-18-8-6-17(7-9-18)19-12-10-16(11-13-19)14-15-4-2-1-3-5-15/h1-9,16,20H,10-14H2. The molecule has 2 heteroatoms. The Bertz CT molecular complexity index is 527. The number of nitrogens with zero attached hydrogens (tertiary/aromatic N) is 1. The highest BCUT2D eigenvalue weighted by molar-refractivity contribution is 5.49. The minimum Gasteiger partial charge on any atom is -0.508 e. The molecule has 1 saturated heterocycles. The average molecular weight is 267 g/mol. The van der Waals surface area contributed by atoms with Gasteiger partial charge in [-0.05, 0) is 55.0 Å². The van der Waals surface area contributed by atoms with Crippen LogP contribution in [-0.2, 0) is 6.42 Å². The van der Waals surface area contributed by atoms with Gasteiger partial charge in [-0.2, -0.15) is 0 Å². The average Bonchev–Trinajstić information content (AvgIpc) is 2.50. The second-order valence-corrected chi connectivity index (χ2v) is 5.64. The number of aromatic hydroxyl groups is 1. The van der Waals surface area contributed by atoms with E-state index in [0.29, 0.717) is 5.75 Å². The van der Waals surface area contributed by atoms with E-state index in [0.717, 1.165) is 19.0 Å². The second-order valence-electron chi connectivity index (χ2n) is 5.64. The van der Waals surface area contributed by atoms with E-state index in [2.05, 4.69) is 35.2 Å². The number of benzene rings is 2. The zero-order valence-electron chi connectivity index (χ0n) is 11.7. The fraction of sp³-hybridized carbons (Fsp3) is 0.333. The Labute approximate surface area is 120 Å². The molecule has 0 aliphatic carbocycles. The minimum atomic E-state index is 0.340. The third-order valence-electron chi connectivity index (χ3n) is 4.20. The third kappa shape index (κ3) is 3.13. The molecule has 0 radical (unpaired) electrons. The van der Waals surface area contributed by atoms with E-state index in [1.54, 1.807) is 12.1 Å². The molecule has 1 heterocycles. The SMILES string of the molecule is Oc1ccc(N2CCC(Cc3ccccc3)CC2)cc1. The lowest BCUT2D eigenvalue weighted by Crippen LogP contribution is -2.34. The van der Waals surface area contributed by atoms with Crippen LogP contribution in [0.4, 0.5) is 5.69 Å². The summed E-state index contributed by atoms with van der Waals surface area (Å²) >= 11 is 0. The molecule has 2 aromatic rings. The van der Waals surface area contributed by atoms with Crippen LogP contribution in [-0.4, -0.2) is 18.2 Å². The molecular formula is C18H21NO. The number of rotatable bonds is 3. The largest absolute Gasteiger partial charge is 0.508 e. The Morgan fingerprint density at radius 3 is 2.20 bits per heavy atom. The monoisotopic (exact) mass is 267 g/mol. The second kappa shape index (κ2) is 6.00. The van der Waals surface area contributed by atoms with Gasteiger partial charge in [-0.15, -0.1) is 0 Å². The number of hydrogen-bond donors (Lipinski definition) is 1. The Morgan fingerprint density at radius 2 is 1.55 bits per heavy atom. The van der Waals surface area contributed by atoms with Gasteiger partial charge in [-0.3, -0.25) is 0 Å². The lowest BCUT2D eigenvalue weighted by molar-refractivity contribution is 0.403.